The van der Waals surface area contributed by atoms with Crippen LogP contribution in [-0.4, -0.2) is 17.1 Å². The van der Waals surface area contributed by atoms with E-state index in [9.17, 15) is 15.0 Å². The second kappa shape index (κ2) is 6.73. The molecule has 104 valence electrons. The van der Waals surface area contributed by atoms with Crippen LogP contribution in [0.25, 0.3) is 0 Å². The third-order valence-corrected chi connectivity index (χ3v) is 3.22. The zero-order valence-corrected chi connectivity index (χ0v) is 11.0. The Hall–Kier alpha value is -2.33. The third kappa shape index (κ3) is 3.83. The smallest absolute Gasteiger partial charge is 0.130 e. The van der Waals surface area contributed by atoms with E-state index in [1.54, 1.807) is 23.5 Å². The average molecular weight is 271 g/mol. The summed E-state index contributed by atoms with van der Waals surface area (Å²) in [5.41, 5.74) is 1.67. The molecule has 4 heteroatoms. The Morgan fingerprint density at radius 3 is 2.40 bits per heavy atom. The molecule has 4 nitrogen and oxygen atoms in total. The van der Waals surface area contributed by atoms with Gasteiger partial charge in [0.05, 0.1) is 5.97 Å². The van der Waals surface area contributed by atoms with Gasteiger partial charge >= 0.3 is 0 Å². The lowest BCUT2D eigenvalue weighted by Crippen LogP contribution is -2.92. The van der Waals surface area contributed by atoms with Gasteiger partial charge in [0.1, 0.15) is 18.3 Å². The molecule has 0 unspecified atom stereocenters. The number of carboxylic acid groups (broad SMARTS) is 1. The number of nitrogens with two attached hydrogens (primary N) is 1. The fourth-order valence-electron chi connectivity index (χ4n) is 2.08. The van der Waals surface area contributed by atoms with Gasteiger partial charge in [0.15, 0.2) is 0 Å². The minimum absolute atomic E-state index is 0.181. The van der Waals surface area contributed by atoms with Gasteiger partial charge in [-0.3, -0.25) is 0 Å². The first-order valence-corrected chi connectivity index (χ1v) is 6.52. The van der Waals surface area contributed by atoms with E-state index in [0.29, 0.717) is 18.5 Å². The molecule has 0 aliphatic carbocycles. The summed E-state index contributed by atoms with van der Waals surface area (Å²) in [6.45, 7) is 0.401. The highest BCUT2D eigenvalue weighted by Crippen LogP contribution is 2.13. The summed E-state index contributed by atoms with van der Waals surface area (Å²) in [4.78, 5) is 11.2. The van der Waals surface area contributed by atoms with Crippen molar-refractivity contribution in [2.75, 3.05) is 0 Å². The van der Waals surface area contributed by atoms with Crippen LogP contribution in [-0.2, 0) is 17.8 Å². The first-order valence-electron chi connectivity index (χ1n) is 6.52. The Morgan fingerprint density at radius 1 is 1.10 bits per heavy atom. The number of phenolic OH excluding ortho intramolecular Hbond substituents is 1. The number of hydrogen-bond donors (Lipinski definition) is 2. The first kappa shape index (κ1) is 14.1. The van der Waals surface area contributed by atoms with Gasteiger partial charge in [-0.2, -0.15) is 0 Å². The van der Waals surface area contributed by atoms with Gasteiger partial charge < -0.3 is 20.3 Å². The molecule has 0 radical (unpaired) electrons. The molecule has 0 spiro atoms. The lowest BCUT2D eigenvalue weighted by atomic mass is 10.1. The number of aliphatic carboxylic acids is 1. The summed E-state index contributed by atoms with van der Waals surface area (Å²) < 4.78 is 0. The van der Waals surface area contributed by atoms with Gasteiger partial charge in [-0.1, -0.05) is 42.5 Å². The Bertz CT molecular complexity index is 569. The van der Waals surface area contributed by atoms with Crippen molar-refractivity contribution in [2.45, 2.75) is 19.0 Å². The minimum Gasteiger partial charge on any atom is -0.544 e. The van der Waals surface area contributed by atoms with Crippen LogP contribution in [0.1, 0.15) is 11.1 Å². The van der Waals surface area contributed by atoms with Crippen molar-refractivity contribution in [3.05, 3.63) is 65.7 Å². The molecule has 0 fully saturated rings. The van der Waals surface area contributed by atoms with Crippen LogP contribution in [0, 0.1) is 0 Å². The number of aromatic hydroxyl groups is 1. The Morgan fingerprint density at radius 2 is 1.75 bits per heavy atom. The molecule has 2 aromatic rings. The maximum absolute atomic E-state index is 11.2. The maximum Gasteiger partial charge on any atom is 0.130 e. The third-order valence-electron chi connectivity index (χ3n) is 3.22. The summed E-state index contributed by atoms with van der Waals surface area (Å²) in [6.07, 6.45) is 0.400. The van der Waals surface area contributed by atoms with E-state index >= 15 is 0 Å². The van der Waals surface area contributed by atoms with Crippen molar-refractivity contribution >= 4 is 5.97 Å². The van der Waals surface area contributed by atoms with Crippen molar-refractivity contribution in [3.8, 4) is 5.75 Å². The maximum atomic E-state index is 11.2. The summed E-state index contributed by atoms with van der Waals surface area (Å²) in [5.74, 6) is -0.912. The second-order valence-electron chi connectivity index (χ2n) is 4.68. The standard InChI is InChI=1S/C16H17NO3/c18-15-9-5-4-8-13(15)11-17-14(16(19)20)10-12-6-2-1-3-7-12/h1-9,14,17-18H,10-11H2,(H,19,20)/t14-/m1/s1. The van der Waals surface area contributed by atoms with Crippen LogP contribution in [0.15, 0.2) is 54.6 Å². The topological polar surface area (TPSA) is 77.0 Å². The Labute approximate surface area is 117 Å². The predicted octanol–water partition coefficient (Wildman–Crippen LogP) is -0.183. The molecule has 0 aromatic heterocycles. The quantitative estimate of drug-likeness (QED) is 0.765. The first-order chi connectivity index (χ1) is 9.66. The normalized spacial score (nSPS) is 12.0. The monoisotopic (exact) mass is 271 g/mol. The van der Waals surface area contributed by atoms with Crippen molar-refractivity contribution in [1.29, 1.82) is 0 Å². The fraction of sp³-hybridized carbons (Fsp3) is 0.188. The van der Waals surface area contributed by atoms with E-state index in [-0.39, 0.29) is 5.75 Å². The molecular formula is C16H17NO3. The van der Waals surface area contributed by atoms with Gasteiger partial charge in [-0.05, 0) is 17.7 Å². The molecule has 0 saturated heterocycles. The number of hydrogen-bond acceptors (Lipinski definition) is 3. The van der Waals surface area contributed by atoms with Gasteiger partial charge in [-0.15, -0.1) is 0 Å². The van der Waals surface area contributed by atoms with Crippen LogP contribution < -0.4 is 10.4 Å². The highest BCUT2D eigenvalue weighted by Gasteiger charge is 2.15. The van der Waals surface area contributed by atoms with Crippen LogP contribution in [0.4, 0.5) is 0 Å². The van der Waals surface area contributed by atoms with Crippen LogP contribution in [0.2, 0.25) is 0 Å². The molecule has 0 aliphatic heterocycles. The van der Waals surface area contributed by atoms with Crippen LogP contribution in [0.3, 0.4) is 0 Å². The van der Waals surface area contributed by atoms with E-state index in [4.69, 9.17) is 0 Å². The molecule has 0 heterocycles. The molecule has 20 heavy (non-hydrogen) atoms. The van der Waals surface area contributed by atoms with E-state index in [0.717, 1.165) is 5.56 Å². The highest BCUT2D eigenvalue weighted by molar-refractivity contribution is 5.69. The largest absolute Gasteiger partial charge is 0.544 e. The van der Waals surface area contributed by atoms with Crippen LogP contribution >= 0.6 is 0 Å². The van der Waals surface area contributed by atoms with Crippen molar-refractivity contribution in [3.63, 3.8) is 0 Å². The van der Waals surface area contributed by atoms with Crippen LogP contribution in [0.5, 0.6) is 5.75 Å². The molecule has 2 aromatic carbocycles. The summed E-state index contributed by atoms with van der Waals surface area (Å²) in [7, 11) is 0. The molecule has 0 bridgehead atoms. The molecule has 3 N–H and O–H groups in total. The number of quaternary nitrogens is 1. The van der Waals surface area contributed by atoms with Gasteiger partial charge in [0.25, 0.3) is 0 Å². The molecule has 0 aliphatic rings. The van der Waals surface area contributed by atoms with Gasteiger partial charge in [0, 0.05) is 12.0 Å². The second-order valence-corrected chi connectivity index (χ2v) is 4.68. The number of carbonyl (C=O) groups is 1. The minimum atomic E-state index is -1.09. The molecule has 1 atom stereocenters. The number of benzene rings is 2. The van der Waals surface area contributed by atoms with Gasteiger partial charge in [0.2, 0.25) is 0 Å². The number of carboxylic acids is 1. The number of para-hydroxylation sites is 1. The molecular weight excluding hydrogens is 254 g/mol. The molecule has 2 rings (SSSR count). The van der Waals surface area contributed by atoms with Crippen molar-refractivity contribution in [2.24, 2.45) is 0 Å². The zero-order valence-electron chi connectivity index (χ0n) is 11.0. The Balaban J connectivity index is 2.00. The number of rotatable bonds is 6. The van der Waals surface area contributed by atoms with Crippen molar-refractivity contribution < 1.29 is 20.3 Å². The molecule has 0 amide bonds. The van der Waals surface area contributed by atoms with E-state index < -0.39 is 12.0 Å². The van der Waals surface area contributed by atoms with Crippen molar-refractivity contribution in [1.82, 2.24) is 0 Å². The number of carbonyl (C=O) groups excluding carboxylic acids is 1. The van der Waals surface area contributed by atoms with E-state index in [1.807, 2.05) is 36.4 Å². The Kier molecular flexibility index (Phi) is 4.74. The van der Waals surface area contributed by atoms with E-state index in [1.165, 1.54) is 0 Å². The van der Waals surface area contributed by atoms with Gasteiger partial charge in [-0.25, -0.2) is 0 Å². The summed E-state index contributed by atoms with van der Waals surface area (Å²) in [5, 5.41) is 22.6. The average Bonchev–Trinajstić information content (AvgIpc) is 2.46. The van der Waals surface area contributed by atoms with E-state index in [2.05, 4.69) is 0 Å². The zero-order chi connectivity index (χ0) is 14.4. The highest BCUT2D eigenvalue weighted by atomic mass is 16.4. The summed E-state index contributed by atoms with van der Waals surface area (Å²) >= 11 is 0. The lowest BCUT2D eigenvalue weighted by Gasteiger charge is -2.17. The predicted molar refractivity (Wildman–Crippen MR) is 72.7 cm³/mol. The SMILES string of the molecule is O=C([O-])[C@@H](Cc1ccccc1)[NH2+]Cc1ccccc1O. The molecule has 0 saturated carbocycles. The summed E-state index contributed by atoms with van der Waals surface area (Å²) in [6, 6.07) is 15.7. The fourth-order valence-corrected chi connectivity index (χ4v) is 2.08. The lowest BCUT2D eigenvalue weighted by molar-refractivity contribution is -0.698. The number of phenols is 1.